The molecular weight excluding hydrogens is 458 g/mol. The molecule has 1 aliphatic rings. The summed E-state index contributed by atoms with van der Waals surface area (Å²) in [6.45, 7) is 0.139. The number of hydrogen-bond acceptors (Lipinski definition) is 9. The van der Waals surface area contributed by atoms with Crippen LogP contribution < -0.4 is 15.3 Å². The summed E-state index contributed by atoms with van der Waals surface area (Å²) in [6.07, 6.45) is 5.20. The minimum Gasteiger partial charge on any atom is -0.496 e. The average Bonchev–Trinajstić information content (AvgIpc) is 3.49. The third kappa shape index (κ3) is 4.00. The number of aromatic carboxylic acids is 1. The topological polar surface area (TPSA) is 128 Å². The summed E-state index contributed by atoms with van der Waals surface area (Å²) < 4.78 is 16.2. The normalized spacial score (nSPS) is 14.4. The van der Waals surface area contributed by atoms with Crippen LogP contribution in [0.5, 0.6) is 5.75 Å². The fourth-order valence-electron chi connectivity index (χ4n) is 4.46. The summed E-state index contributed by atoms with van der Waals surface area (Å²) in [6, 6.07) is 10.6. The Hall–Kier alpha value is -3.80. The smallest absolute Gasteiger partial charge is 0.370 e. The highest BCUT2D eigenvalue weighted by molar-refractivity contribution is 7.00. The zero-order valence-corrected chi connectivity index (χ0v) is 19.3. The first-order valence-electron chi connectivity index (χ1n) is 11.0. The molecule has 1 saturated carbocycles. The second-order valence-electron chi connectivity index (χ2n) is 8.17. The first-order valence-corrected chi connectivity index (χ1v) is 11.7. The lowest BCUT2D eigenvalue weighted by atomic mass is 9.94. The third-order valence-electron chi connectivity index (χ3n) is 6.18. The van der Waals surface area contributed by atoms with Gasteiger partial charge < -0.3 is 14.7 Å². The number of nitrogens with zero attached hydrogens (tertiary/aromatic N) is 7. The number of methoxy groups -OCH3 is 1. The summed E-state index contributed by atoms with van der Waals surface area (Å²) in [7, 11) is 1.44. The van der Waals surface area contributed by atoms with Gasteiger partial charge in [0.15, 0.2) is 0 Å². The fourth-order valence-corrected chi connectivity index (χ4v) is 5.01. The van der Waals surface area contributed by atoms with Crippen LogP contribution in [0.25, 0.3) is 16.7 Å². The lowest BCUT2D eigenvalue weighted by Gasteiger charge is -2.35. The molecule has 0 amide bonds. The fraction of sp³-hybridized carbons (Fsp3) is 0.364. The van der Waals surface area contributed by atoms with Gasteiger partial charge in [0.25, 0.3) is 0 Å². The highest BCUT2D eigenvalue weighted by Gasteiger charge is 2.25. The van der Waals surface area contributed by atoms with Crippen LogP contribution >= 0.6 is 11.7 Å². The molecule has 0 unspecified atom stereocenters. The van der Waals surface area contributed by atoms with E-state index in [0.29, 0.717) is 22.4 Å². The quantitative estimate of drug-likeness (QED) is 0.423. The number of benzene rings is 2. The summed E-state index contributed by atoms with van der Waals surface area (Å²) in [5, 5.41) is 17.9. The second-order valence-corrected chi connectivity index (χ2v) is 8.70. The van der Waals surface area contributed by atoms with E-state index in [4.69, 9.17) is 4.74 Å². The van der Waals surface area contributed by atoms with Crippen molar-refractivity contribution in [1.82, 2.24) is 28.5 Å². The Balaban J connectivity index is 1.53. The number of carbonyl (C=O) groups is 1. The molecular formula is C22H23N7O4S. The Morgan fingerprint density at radius 3 is 2.76 bits per heavy atom. The largest absolute Gasteiger partial charge is 0.496 e. The number of ether oxygens (including phenoxy) is 1. The van der Waals surface area contributed by atoms with Gasteiger partial charge in [-0.2, -0.15) is 18.1 Å². The van der Waals surface area contributed by atoms with E-state index in [1.807, 2.05) is 17.0 Å². The van der Waals surface area contributed by atoms with E-state index in [9.17, 15) is 14.7 Å². The predicted molar refractivity (Wildman–Crippen MR) is 126 cm³/mol. The first kappa shape index (κ1) is 22.0. The first-order chi connectivity index (χ1) is 16.6. The number of carboxylic acid groups (broad SMARTS) is 1. The van der Waals surface area contributed by atoms with E-state index in [2.05, 4.69) is 19.2 Å². The molecule has 34 heavy (non-hydrogen) atoms. The van der Waals surface area contributed by atoms with Gasteiger partial charge in [-0.25, -0.2) is 9.59 Å². The maximum absolute atomic E-state index is 13.3. The van der Waals surface area contributed by atoms with Crippen molar-refractivity contribution in [3.05, 3.63) is 52.4 Å². The Morgan fingerprint density at radius 2 is 2.00 bits per heavy atom. The molecule has 0 saturated heterocycles. The molecule has 176 valence electrons. The molecule has 2 heterocycles. The van der Waals surface area contributed by atoms with Crippen molar-refractivity contribution >= 4 is 34.4 Å². The molecule has 12 heteroatoms. The van der Waals surface area contributed by atoms with E-state index in [1.165, 1.54) is 16.5 Å². The molecule has 2 aromatic carbocycles. The van der Waals surface area contributed by atoms with Gasteiger partial charge in [-0.15, -0.1) is 0 Å². The van der Waals surface area contributed by atoms with Crippen molar-refractivity contribution in [3.63, 3.8) is 0 Å². The van der Waals surface area contributed by atoms with Crippen molar-refractivity contribution in [2.24, 2.45) is 0 Å². The van der Waals surface area contributed by atoms with Gasteiger partial charge in [0.05, 0.1) is 18.8 Å². The maximum Gasteiger partial charge on any atom is 0.370 e. The molecule has 1 fully saturated rings. The maximum atomic E-state index is 13.3. The number of fused-ring (bicyclic) bond motifs is 1. The van der Waals surface area contributed by atoms with Crippen molar-refractivity contribution in [3.8, 4) is 11.4 Å². The van der Waals surface area contributed by atoms with Crippen LogP contribution in [-0.4, -0.2) is 52.8 Å². The van der Waals surface area contributed by atoms with Crippen LogP contribution in [0.1, 0.15) is 42.5 Å². The van der Waals surface area contributed by atoms with E-state index in [0.717, 1.165) is 43.8 Å². The minimum absolute atomic E-state index is 0.0690. The third-order valence-corrected chi connectivity index (χ3v) is 6.72. The minimum atomic E-state index is -1.07. The Labute approximate surface area is 198 Å². The van der Waals surface area contributed by atoms with E-state index < -0.39 is 11.7 Å². The second kappa shape index (κ2) is 9.21. The summed E-state index contributed by atoms with van der Waals surface area (Å²) in [4.78, 5) is 27.1. The molecule has 1 N–H and O–H groups in total. The molecule has 0 bridgehead atoms. The van der Waals surface area contributed by atoms with Crippen molar-refractivity contribution in [2.45, 2.75) is 44.8 Å². The van der Waals surface area contributed by atoms with Crippen molar-refractivity contribution in [1.29, 1.82) is 0 Å². The van der Waals surface area contributed by atoms with Crippen LogP contribution in [0.4, 0.5) is 5.69 Å². The lowest BCUT2D eigenvalue weighted by molar-refractivity contribution is 0.0693. The van der Waals surface area contributed by atoms with Crippen LogP contribution in [-0.2, 0) is 6.67 Å². The van der Waals surface area contributed by atoms with Gasteiger partial charge in [-0.1, -0.05) is 25.3 Å². The van der Waals surface area contributed by atoms with Crippen LogP contribution in [0.3, 0.4) is 0 Å². The van der Waals surface area contributed by atoms with E-state index >= 15 is 0 Å². The van der Waals surface area contributed by atoms with Gasteiger partial charge in [0.1, 0.15) is 34.7 Å². The number of carboxylic acids is 1. The van der Waals surface area contributed by atoms with Crippen LogP contribution in [0.15, 0.2) is 41.2 Å². The van der Waals surface area contributed by atoms with Gasteiger partial charge in [0, 0.05) is 11.7 Å². The molecule has 2 aromatic heterocycles. The number of rotatable bonds is 7. The predicted octanol–water partition coefficient (Wildman–Crippen LogP) is 2.94. The monoisotopic (exact) mass is 481 g/mol. The number of anilines is 1. The average molecular weight is 482 g/mol. The van der Waals surface area contributed by atoms with Gasteiger partial charge in [-0.05, 0) is 53.6 Å². The van der Waals surface area contributed by atoms with Crippen LogP contribution in [0, 0.1) is 0 Å². The molecule has 1 aliphatic carbocycles. The zero-order valence-electron chi connectivity index (χ0n) is 18.5. The highest BCUT2D eigenvalue weighted by Crippen LogP contribution is 2.31. The van der Waals surface area contributed by atoms with Crippen molar-refractivity contribution < 1.29 is 14.6 Å². The number of tetrazole rings is 1. The Kier molecular flexibility index (Phi) is 5.97. The highest BCUT2D eigenvalue weighted by atomic mass is 32.1. The zero-order chi connectivity index (χ0) is 23.7. The molecule has 0 aliphatic heterocycles. The van der Waals surface area contributed by atoms with E-state index in [1.54, 1.807) is 24.3 Å². The number of aromatic nitrogens is 6. The SMILES string of the molecule is COc1ccc(N(Cn2nnn(-c3cccc4nsnc34)c2=O)C2CCCCC2)cc1C(=O)O. The van der Waals surface area contributed by atoms with Crippen molar-refractivity contribution in [2.75, 3.05) is 12.0 Å². The molecule has 5 rings (SSSR count). The molecule has 4 aromatic rings. The Bertz CT molecular complexity index is 1390. The molecule has 0 radical (unpaired) electrons. The van der Waals surface area contributed by atoms with Gasteiger partial charge in [-0.3, -0.25) is 0 Å². The standard InChI is InChI=1S/C22H23N7O4S/c1-33-19-11-10-15(12-16(19)21(30)31)27(14-6-3-2-4-7-14)13-28-22(32)29(26-25-28)18-9-5-8-17-20(18)24-34-23-17/h5,8-12,14H,2-4,6-7,13H2,1H3,(H,30,31). The van der Waals surface area contributed by atoms with Gasteiger partial charge in [0.2, 0.25) is 0 Å². The molecule has 0 spiro atoms. The van der Waals surface area contributed by atoms with E-state index in [-0.39, 0.29) is 24.0 Å². The van der Waals surface area contributed by atoms with Crippen LogP contribution in [0.2, 0.25) is 0 Å². The summed E-state index contributed by atoms with van der Waals surface area (Å²) >= 11 is 1.07. The summed E-state index contributed by atoms with van der Waals surface area (Å²) in [5.41, 5.74) is 2.15. The summed E-state index contributed by atoms with van der Waals surface area (Å²) in [5.74, 6) is -0.789. The Morgan fingerprint density at radius 1 is 1.18 bits per heavy atom. The number of hydrogen-bond donors (Lipinski definition) is 1. The molecule has 11 nitrogen and oxygen atoms in total. The van der Waals surface area contributed by atoms with Gasteiger partial charge >= 0.3 is 11.7 Å². The molecule has 0 atom stereocenters. The lowest BCUT2D eigenvalue weighted by Crippen LogP contribution is -2.41.